The summed E-state index contributed by atoms with van der Waals surface area (Å²) in [5.41, 5.74) is 4.47. The van der Waals surface area contributed by atoms with Crippen LogP contribution in [0.4, 0.5) is 22.7 Å². The molecular formula is C20H24BrN5. The molecule has 0 aromatic heterocycles. The molecule has 0 spiro atoms. The monoisotopic (exact) mass is 413 g/mol. The predicted octanol–water partition coefficient (Wildman–Crippen LogP) is 4.27. The molecule has 136 valence electrons. The highest BCUT2D eigenvalue weighted by atomic mass is 79.9. The summed E-state index contributed by atoms with van der Waals surface area (Å²) in [4.78, 5) is 12.0. The van der Waals surface area contributed by atoms with E-state index in [2.05, 4.69) is 92.4 Å². The number of nitrogens with one attached hydrogen (secondary N) is 1. The Labute approximate surface area is 163 Å². The fourth-order valence-corrected chi connectivity index (χ4v) is 3.80. The van der Waals surface area contributed by atoms with Gasteiger partial charge in [-0.05, 0) is 44.3 Å². The number of amidine groups is 1. The number of likely N-dealkylation sites (N-methyl/N-ethyl adjacent to an activating group) is 1. The molecule has 0 amide bonds. The van der Waals surface area contributed by atoms with E-state index in [1.165, 1.54) is 0 Å². The van der Waals surface area contributed by atoms with E-state index in [1.807, 2.05) is 0 Å². The summed E-state index contributed by atoms with van der Waals surface area (Å²) in [6.07, 6.45) is 0. The van der Waals surface area contributed by atoms with Crippen LogP contribution in [0.25, 0.3) is 0 Å². The Bertz CT molecular complexity index is 827. The topological polar surface area (TPSA) is 34.1 Å². The fraction of sp³-hybridized carbons (Fsp3) is 0.350. The molecule has 4 rings (SSSR count). The zero-order chi connectivity index (χ0) is 18.1. The number of benzene rings is 2. The fourth-order valence-electron chi connectivity index (χ4n) is 3.46. The van der Waals surface area contributed by atoms with E-state index in [9.17, 15) is 0 Å². The van der Waals surface area contributed by atoms with Crippen LogP contribution in [-0.2, 0) is 0 Å². The van der Waals surface area contributed by atoms with Crippen LogP contribution in [0.3, 0.4) is 0 Å². The number of anilines is 4. The summed E-state index contributed by atoms with van der Waals surface area (Å²) in [6.45, 7) is 7.22. The molecule has 0 atom stereocenters. The zero-order valence-corrected chi connectivity index (χ0v) is 16.8. The largest absolute Gasteiger partial charge is 0.352 e. The normalized spacial score (nSPS) is 18.3. The quantitative estimate of drug-likeness (QED) is 0.588. The molecular weight excluding hydrogens is 390 g/mol. The van der Waals surface area contributed by atoms with Crippen LogP contribution in [0.15, 0.2) is 51.9 Å². The van der Waals surface area contributed by atoms with Crippen molar-refractivity contribution in [2.75, 3.05) is 50.1 Å². The van der Waals surface area contributed by atoms with Crippen LogP contribution in [0.5, 0.6) is 0 Å². The van der Waals surface area contributed by atoms with Crippen LogP contribution in [-0.4, -0.2) is 55.5 Å². The number of piperazine rings is 1. The summed E-state index contributed by atoms with van der Waals surface area (Å²) in [7, 11) is 2.18. The zero-order valence-electron chi connectivity index (χ0n) is 15.2. The van der Waals surface area contributed by atoms with Gasteiger partial charge < -0.3 is 10.2 Å². The van der Waals surface area contributed by atoms with Crippen molar-refractivity contribution in [1.82, 2.24) is 9.80 Å². The van der Waals surface area contributed by atoms with E-state index < -0.39 is 0 Å². The Morgan fingerprint density at radius 3 is 2.58 bits per heavy atom. The number of hydrogen-bond donors (Lipinski definition) is 1. The van der Waals surface area contributed by atoms with Gasteiger partial charge in [-0.25, -0.2) is 0 Å². The second-order valence-electron chi connectivity index (χ2n) is 6.91. The molecule has 2 aromatic carbocycles. The van der Waals surface area contributed by atoms with E-state index in [0.717, 1.165) is 65.9 Å². The second kappa shape index (κ2) is 7.39. The van der Waals surface area contributed by atoms with E-state index in [1.54, 1.807) is 0 Å². The van der Waals surface area contributed by atoms with E-state index in [0.29, 0.717) is 0 Å². The first kappa shape index (κ1) is 17.5. The van der Waals surface area contributed by atoms with Gasteiger partial charge in [0.05, 0.1) is 29.4 Å². The number of aliphatic imine (C=N–C) groups is 1. The van der Waals surface area contributed by atoms with Crippen molar-refractivity contribution in [2.24, 2.45) is 4.99 Å². The maximum absolute atomic E-state index is 4.93. The minimum Gasteiger partial charge on any atom is -0.352 e. The van der Waals surface area contributed by atoms with Crippen LogP contribution >= 0.6 is 15.9 Å². The molecule has 0 unspecified atom stereocenters. The molecule has 0 saturated carbocycles. The molecule has 5 nitrogen and oxygen atoms in total. The van der Waals surface area contributed by atoms with Crippen molar-refractivity contribution in [2.45, 2.75) is 6.92 Å². The third-order valence-corrected chi connectivity index (χ3v) is 5.53. The summed E-state index contributed by atoms with van der Waals surface area (Å²) < 4.78 is 1.06. The van der Waals surface area contributed by atoms with Gasteiger partial charge in [0, 0.05) is 30.7 Å². The number of nitrogens with zero attached hydrogens (tertiary/aromatic N) is 4. The smallest absolute Gasteiger partial charge is 0.106 e. The summed E-state index contributed by atoms with van der Waals surface area (Å²) in [6, 6.07) is 14.7. The number of halogens is 1. The van der Waals surface area contributed by atoms with Crippen molar-refractivity contribution in [3.05, 3.63) is 46.9 Å². The standard InChI is InChI=1S/C20H24BrN5/c1-15(22-14-25-11-9-24(2)10-12-25)26-19-6-4-3-5-17(19)23-18-8-7-16(21)13-20(18)26/h3-8,13,23H,9-12,14H2,1-2H3. The van der Waals surface area contributed by atoms with E-state index in [-0.39, 0.29) is 0 Å². The van der Waals surface area contributed by atoms with Crippen LogP contribution in [0.2, 0.25) is 0 Å². The lowest BCUT2D eigenvalue weighted by atomic mass is 10.1. The SMILES string of the molecule is CC(=NCN1CCN(C)CC1)N1c2ccccc2Nc2ccc(Br)cc21. The Kier molecular flexibility index (Phi) is 4.98. The highest BCUT2D eigenvalue weighted by molar-refractivity contribution is 9.10. The Balaban J connectivity index is 1.64. The van der Waals surface area contributed by atoms with Crippen molar-refractivity contribution in [3.63, 3.8) is 0 Å². The van der Waals surface area contributed by atoms with Gasteiger partial charge in [-0.1, -0.05) is 28.1 Å². The van der Waals surface area contributed by atoms with Crippen LogP contribution in [0, 0.1) is 0 Å². The van der Waals surface area contributed by atoms with Gasteiger partial charge in [-0.15, -0.1) is 0 Å². The molecule has 1 fully saturated rings. The first-order chi connectivity index (χ1) is 12.6. The summed E-state index contributed by atoms with van der Waals surface area (Å²) in [5, 5.41) is 3.53. The molecule has 0 bridgehead atoms. The van der Waals surface area contributed by atoms with Crippen molar-refractivity contribution >= 4 is 44.5 Å². The second-order valence-corrected chi connectivity index (χ2v) is 7.82. The van der Waals surface area contributed by atoms with Crippen LogP contribution in [0.1, 0.15) is 6.92 Å². The van der Waals surface area contributed by atoms with E-state index in [4.69, 9.17) is 4.99 Å². The first-order valence-corrected chi connectivity index (χ1v) is 9.79. The lowest BCUT2D eigenvalue weighted by Crippen LogP contribution is -2.44. The molecule has 6 heteroatoms. The molecule has 2 aliphatic heterocycles. The molecule has 1 saturated heterocycles. The van der Waals surface area contributed by atoms with Gasteiger partial charge in [-0.2, -0.15) is 0 Å². The highest BCUT2D eigenvalue weighted by Crippen LogP contribution is 2.44. The Morgan fingerprint density at radius 1 is 1.04 bits per heavy atom. The maximum Gasteiger partial charge on any atom is 0.106 e. The number of rotatable bonds is 2. The molecule has 2 aliphatic rings. The van der Waals surface area contributed by atoms with Gasteiger partial charge in [0.2, 0.25) is 0 Å². The summed E-state index contributed by atoms with van der Waals surface area (Å²) >= 11 is 3.61. The lowest BCUT2D eigenvalue weighted by molar-refractivity contribution is 0.158. The van der Waals surface area contributed by atoms with Gasteiger partial charge in [0.1, 0.15) is 5.84 Å². The minimum atomic E-state index is 0.745. The molecule has 2 heterocycles. The maximum atomic E-state index is 4.93. The van der Waals surface area contributed by atoms with Gasteiger partial charge in [0.15, 0.2) is 0 Å². The number of hydrogen-bond acceptors (Lipinski definition) is 4. The van der Waals surface area contributed by atoms with Gasteiger partial charge >= 0.3 is 0 Å². The molecule has 0 aliphatic carbocycles. The average molecular weight is 414 g/mol. The predicted molar refractivity (Wildman–Crippen MR) is 113 cm³/mol. The van der Waals surface area contributed by atoms with Crippen molar-refractivity contribution in [3.8, 4) is 0 Å². The Hall–Kier alpha value is -1.89. The van der Waals surface area contributed by atoms with Gasteiger partial charge in [-0.3, -0.25) is 14.8 Å². The average Bonchev–Trinajstić information content (AvgIpc) is 2.65. The molecule has 1 N–H and O–H groups in total. The van der Waals surface area contributed by atoms with Crippen molar-refractivity contribution < 1.29 is 0 Å². The van der Waals surface area contributed by atoms with Crippen LogP contribution < -0.4 is 10.2 Å². The molecule has 0 radical (unpaired) electrons. The summed E-state index contributed by atoms with van der Waals surface area (Å²) in [5.74, 6) is 1.01. The molecule has 2 aromatic rings. The lowest BCUT2D eigenvalue weighted by Gasteiger charge is -2.35. The third kappa shape index (κ3) is 3.49. The number of para-hydroxylation sites is 2. The highest BCUT2D eigenvalue weighted by Gasteiger charge is 2.24. The van der Waals surface area contributed by atoms with E-state index >= 15 is 0 Å². The first-order valence-electron chi connectivity index (χ1n) is 8.99. The third-order valence-electron chi connectivity index (χ3n) is 5.03. The van der Waals surface area contributed by atoms with Gasteiger partial charge in [0.25, 0.3) is 0 Å². The minimum absolute atomic E-state index is 0.745. The molecule has 26 heavy (non-hydrogen) atoms. The number of fused-ring (bicyclic) bond motifs is 2. The Morgan fingerprint density at radius 2 is 1.77 bits per heavy atom. The van der Waals surface area contributed by atoms with Crippen molar-refractivity contribution in [1.29, 1.82) is 0 Å².